The van der Waals surface area contributed by atoms with Crippen molar-refractivity contribution in [3.05, 3.63) is 57.8 Å². The van der Waals surface area contributed by atoms with Crippen LogP contribution >= 0.6 is 11.3 Å². The van der Waals surface area contributed by atoms with Crippen molar-refractivity contribution >= 4 is 23.2 Å². The lowest BCUT2D eigenvalue weighted by Crippen LogP contribution is -2.44. The minimum absolute atomic E-state index is 0.103. The Morgan fingerprint density at radius 3 is 2.61 bits per heavy atom. The summed E-state index contributed by atoms with van der Waals surface area (Å²) in [6, 6.07) is 12.6. The zero-order valence-electron chi connectivity index (χ0n) is 16.6. The molecule has 1 saturated heterocycles. The van der Waals surface area contributed by atoms with Gasteiger partial charge in [-0.05, 0) is 67.0 Å². The molecule has 1 aromatic heterocycles. The van der Waals surface area contributed by atoms with E-state index in [9.17, 15) is 9.59 Å². The number of thiophene rings is 1. The number of rotatable bonds is 4. The number of fused-ring (bicyclic) bond motifs is 2. The highest BCUT2D eigenvalue weighted by atomic mass is 32.1. The van der Waals surface area contributed by atoms with Crippen molar-refractivity contribution in [3.63, 3.8) is 0 Å². The SMILES string of the molecule is CC(C)NC(=O)C[C@@H]1CC2(CCN(C(=O)c3cccs3)CC2)c2ccccc21. The number of amides is 2. The van der Waals surface area contributed by atoms with Gasteiger partial charge in [0.15, 0.2) is 0 Å². The number of nitrogens with one attached hydrogen (secondary N) is 1. The maximum atomic E-state index is 12.7. The van der Waals surface area contributed by atoms with Gasteiger partial charge < -0.3 is 10.2 Å². The molecule has 5 heteroatoms. The quantitative estimate of drug-likeness (QED) is 0.836. The summed E-state index contributed by atoms with van der Waals surface area (Å²) >= 11 is 1.51. The van der Waals surface area contributed by atoms with Crippen molar-refractivity contribution in [3.8, 4) is 0 Å². The first-order chi connectivity index (χ1) is 13.5. The number of likely N-dealkylation sites (tertiary alicyclic amines) is 1. The molecular formula is C23H28N2O2S. The second kappa shape index (κ2) is 7.70. The van der Waals surface area contributed by atoms with Gasteiger partial charge in [-0.25, -0.2) is 0 Å². The molecule has 2 heterocycles. The number of hydrogen-bond acceptors (Lipinski definition) is 3. The molecule has 1 atom stereocenters. The predicted octanol–water partition coefficient (Wildman–Crippen LogP) is 4.32. The van der Waals surface area contributed by atoms with E-state index in [0.717, 1.165) is 37.2 Å². The average Bonchev–Trinajstić information content (AvgIpc) is 3.30. The van der Waals surface area contributed by atoms with Crippen LogP contribution in [0.3, 0.4) is 0 Å². The lowest BCUT2D eigenvalue weighted by molar-refractivity contribution is -0.122. The monoisotopic (exact) mass is 396 g/mol. The Hall–Kier alpha value is -2.14. The summed E-state index contributed by atoms with van der Waals surface area (Å²) in [6.45, 7) is 5.58. The van der Waals surface area contributed by atoms with E-state index in [1.165, 1.54) is 22.5 Å². The maximum Gasteiger partial charge on any atom is 0.263 e. The van der Waals surface area contributed by atoms with Crippen LogP contribution < -0.4 is 5.32 Å². The predicted molar refractivity (Wildman–Crippen MR) is 113 cm³/mol. The van der Waals surface area contributed by atoms with Crippen LogP contribution in [0.5, 0.6) is 0 Å². The van der Waals surface area contributed by atoms with Gasteiger partial charge in [-0.3, -0.25) is 9.59 Å². The molecule has 4 rings (SSSR count). The van der Waals surface area contributed by atoms with Gasteiger partial charge in [0.2, 0.25) is 5.91 Å². The zero-order chi connectivity index (χ0) is 19.7. The van der Waals surface area contributed by atoms with Gasteiger partial charge in [-0.1, -0.05) is 30.3 Å². The summed E-state index contributed by atoms with van der Waals surface area (Å²) in [6.07, 6.45) is 3.51. The molecular weight excluding hydrogens is 368 g/mol. The van der Waals surface area contributed by atoms with E-state index in [-0.39, 0.29) is 29.2 Å². The summed E-state index contributed by atoms with van der Waals surface area (Å²) in [7, 11) is 0. The van der Waals surface area contributed by atoms with Crippen molar-refractivity contribution in [1.29, 1.82) is 0 Å². The van der Waals surface area contributed by atoms with Crippen LogP contribution in [-0.4, -0.2) is 35.8 Å². The van der Waals surface area contributed by atoms with Crippen LogP contribution in [0.25, 0.3) is 0 Å². The number of carbonyl (C=O) groups excluding carboxylic acids is 2. The second-order valence-corrected chi connectivity index (χ2v) is 9.41. The van der Waals surface area contributed by atoms with Crippen LogP contribution in [0, 0.1) is 0 Å². The van der Waals surface area contributed by atoms with Crippen molar-refractivity contribution in [1.82, 2.24) is 10.2 Å². The van der Waals surface area contributed by atoms with Gasteiger partial charge in [0.25, 0.3) is 5.91 Å². The molecule has 1 aliphatic carbocycles. The fourth-order valence-electron chi connectivity index (χ4n) is 4.98. The van der Waals surface area contributed by atoms with E-state index in [1.54, 1.807) is 0 Å². The van der Waals surface area contributed by atoms with Crippen molar-refractivity contribution in [2.75, 3.05) is 13.1 Å². The molecule has 148 valence electrons. The smallest absolute Gasteiger partial charge is 0.263 e. The number of benzene rings is 1. The standard InChI is InChI=1S/C23H28N2O2S/c1-16(2)24-21(26)14-17-15-23(19-7-4-3-6-18(17)19)9-11-25(12-10-23)22(27)20-8-5-13-28-20/h3-8,13,16-17H,9-12,14-15H2,1-2H3,(H,24,26)/t17-/m1/s1. The minimum atomic E-state index is 0.103. The molecule has 4 nitrogen and oxygen atoms in total. The topological polar surface area (TPSA) is 49.4 Å². The average molecular weight is 397 g/mol. The number of hydrogen-bond donors (Lipinski definition) is 1. The first kappa shape index (κ1) is 19.2. The van der Waals surface area contributed by atoms with E-state index in [1.807, 2.05) is 36.3 Å². The van der Waals surface area contributed by atoms with Crippen molar-refractivity contribution in [2.45, 2.75) is 56.9 Å². The Labute approximate surface area is 170 Å². The molecule has 1 aliphatic heterocycles. The third kappa shape index (κ3) is 3.60. The molecule has 2 aliphatic rings. The van der Waals surface area contributed by atoms with E-state index in [2.05, 4.69) is 29.6 Å². The lowest BCUT2D eigenvalue weighted by Gasteiger charge is -2.40. The molecule has 2 aromatic rings. The van der Waals surface area contributed by atoms with Crippen LogP contribution in [0.15, 0.2) is 41.8 Å². The summed E-state index contributed by atoms with van der Waals surface area (Å²) in [5.74, 6) is 0.565. The van der Waals surface area contributed by atoms with Crippen LogP contribution in [-0.2, 0) is 10.2 Å². The van der Waals surface area contributed by atoms with Crippen LogP contribution in [0.2, 0.25) is 0 Å². The molecule has 0 radical (unpaired) electrons. The molecule has 0 unspecified atom stereocenters. The van der Waals surface area contributed by atoms with E-state index in [4.69, 9.17) is 0 Å². The molecule has 2 amide bonds. The third-order valence-corrected chi connectivity index (χ3v) is 7.09. The Morgan fingerprint density at radius 2 is 1.93 bits per heavy atom. The van der Waals surface area contributed by atoms with Gasteiger partial charge in [0.05, 0.1) is 4.88 Å². The largest absolute Gasteiger partial charge is 0.354 e. The Morgan fingerprint density at radius 1 is 1.18 bits per heavy atom. The van der Waals surface area contributed by atoms with Gasteiger partial charge in [-0.15, -0.1) is 11.3 Å². The minimum Gasteiger partial charge on any atom is -0.354 e. The highest BCUT2D eigenvalue weighted by Gasteiger charge is 2.46. The fourth-order valence-corrected chi connectivity index (χ4v) is 5.67. The van der Waals surface area contributed by atoms with Gasteiger partial charge in [0, 0.05) is 25.6 Å². The van der Waals surface area contributed by atoms with Gasteiger partial charge in [0.1, 0.15) is 0 Å². The first-order valence-corrected chi connectivity index (χ1v) is 11.1. The zero-order valence-corrected chi connectivity index (χ0v) is 17.4. The molecule has 1 spiro atoms. The highest BCUT2D eigenvalue weighted by molar-refractivity contribution is 7.12. The number of carbonyl (C=O) groups is 2. The molecule has 28 heavy (non-hydrogen) atoms. The Bertz CT molecular complexity index is 851. The third-order valence-electron chi connectivity index (χ3n) is 6.23. The van der Waals surface area contributed by atoms with Gasteiger partial charge in [-0.2, -0.15) is 0 Å². The molecule has 0 saturated carbocycles. The summed E-state index contributed by atoms with van der Waals surface area (Å²) in [4.78, 5) is 27.9. The molecule has 1 aromatic carbocycles. The second-order valence-electron chi connectivity index (χ2n) is 8.46. The Balaban J connectivity index is 1.49. The van der Waals surface area contributed by atoms with Crippen molar-refractivity contribution < 1.29 is 9.59 Å². The summed E-state index contributed by atoms with van der Waals surface area (Å²) in [5, 5.41) is 5.00. The summed E-state index contributed by atoms with van der Waals surface area (Å²) in [5.41, 5.74) is 2.84. The van der Waals surface area contributed by atoms with E-state index in [0.29, 0.717) is 6.42 Å². The molecule has 0 bridgehead atoms. The van der Waals surface area contributed by atoms with Crippen molar-refractivity contribution in [2.24, 2.45) is 0 Å². The summed E-state index contributed by atoms with van der Waals surface area (Å²) < 4.78 is 0. The maximum absolute atomic E-state index is 12.7. The highest BCUT2D eigenvalue weighted by Crippen LogP contribution is 2.52. The fraction of sp³-hybridized carbons (Fsp3) is 0.478. The van der Waals surface area contributed by atoms with E-state index >= 15 is 0 Å². The normalized spacial score (nSPS) is 20.4. The Kier molecular flexibility index (Phi) is 5.28. The number of piperidine rings is 1. The van der Waals surface area contributed by atoms with Crippen LogP contribution in [0.1, 0.15) is 66.2 Å². The first-order valence-electron chi connectivity index (χ1n) is 10.2. The lowest BCUT2D eigenvalue weighted by atomic mass is 9.73. The van der Waals surface area contributed by atoms with Gasteiger partial charge >= 0.3 is 0 Å². The van der Waals surface area contributed by atoms with E-state index < -0.39 is 0 Å². The number of nitrogens with zero attached hydrogens (tertiary/aromatic N) is 1. The van der Waals surface area contributed by atoms with Crippen LogP contribution in [0.4, 0.5) is 0 Å². The molecule has 1 N–H and O–H groups in total. The molecule has 1 fully saturated rings.